The molecule has 2 aliphatic heterocycles. The number of carbonyl (C=O) groups is 3. The van der Waals surface area contributed by atoms with Gasteiger partial charge in [0.05, 0.1) is 12.6 Å². The van der Waals surface area contributed by atoms with Crippen molar-refractivity contribution in [3.63, 3.8) is 0 Å². The second-order valence-corrected chi connectivity index (χ2v) is 8.04. The van der Waals surface area contributed by atoms with Crippen LogP contribution in [0.4, 0.5) is 0 Å². The number of rotatable bonds is 4. The first-order chi connectivity index (χ1) is 13.1. The third kappa shape index (κ3) is 3.30. The van der Waals surface area contributed by atoms with E-state index in [9.17, 15) is 14.4 Å². The number of hydrogen-bond donors (Lipinski definition) is 0. The number of benzene rings is 1. The highest BCUT2D eigenvalue weighted by atomic mass is 32.1. The zero-order valence-electron chi connectivity index (χ0n) is 15.3. The lowest BCUT2D eigenvalue weighted by atomic mass is 9.96. The Morgan fingerprint density at radius 2 is 1.78 bits per heavy atom. The number of nitrogens with zero attached hydrogens (tertiary/aromatic N) is 2. The highest BCUT2D eigenvalue weighted by Crippen LogP contribution is 2.36. The molecule has 0 saturated carbocycles. The molecule has 0 aliphatic carbocycles. The monoisotopic (exact) mass is 382 g/mol. The number of fused-ring (bicyclic) bond motifs is 1. The van der Waals surface area contributed by atoms with Crippen molar-refractivity contribution in [2.45, 2.75) is 45.2 Å². The van der Waals surface area contributed by atoms with Crippen LogP contribution in [0.3, 0.4) is 0 Å². The average Bonchev–Trinajstić information content (AvgIpc) is 3.29. The summed E-state index contributed by atoms with van der Waals surface area (Å²) in [5.41, 5.74) is 2.79. The van der Waals surface area contributed by atoms with Crippen LogP contribution in [-0.4, -0.2) is 34.1 Å². The molecule has 1 aromatic heterocycles. The molecule has 3 amide bonds. The third-order valence-electron chi connectivity index (χ3n) is 5.44. The van der Waals surface area contributed by atoms with Gasteiger partial charge in [0.2, 0.25) is 11.8 Å². The van der Waals surface area contributed by atoms with Crippen LogP contribution in [0.1, 0.15) is 58.6 Å². The summed E-state index contributed by atoms with van der Waals surface area (Å²) in [5.74, 6) is -0.199. The summed E-state index contributed by atoms with van der Waals surface area (Å²) < 4.78 is 0. The predicted molar refractivity (Wildman–Crippen MR) is 103 cm³/mol. The molecule has 0 N–H and O–H groups in total. The first-order valence-corrected chi connectivity index (χ1v) is 10.3. The summed E-state index contributed by atoms with van der Waals surface area (Å²) in [6.07, 6.45) is 2.40. The minimum Gasteiger partial charge on any atom is -0.331 e. The van der Waals surface area contributed by atoms with E-state index in [0.29, 0.717) is 18.4 Å². The predicted octanol–water partition coefficient (Wildman–Crippen LogP) is 3.55. The van der Waals surface area contributed by atoms with E-state index in [1.807, 2.05) is 17.0 Å². The second kappa shape index (κ2) is 7.27. The zero-order chi connectivity index (χ0) is 19.0. The molecule has 27 heavy (non-hydrogen) atoms. The molecule has 4 rings (SSSR count). The van der Waals surface area contributed by atoms with Crippen LogP contribution in [0.2, 0.25) is 0 Å². The van der Waals surface area contributed by atoms with E-state index in [0.717, 1.165) is 24.9 Å². The average molecular weight is 382 g/mol. The van der Waals surface area contributed by atoms with E-state index in [4.69, 9.17) is 0 Å². The number of likely N-dealkylation sites (tertiary alicyclic amines) is 1. The SMILES string of the molecule is CC[C@@H]1c2ccsc2CCN1C(=O)c1ccc(CN2C(=O)CCC2=O)cc1. The van der Waals surface area contributed by atoms with Gasteiger partial charge >= 0.3 is 0 Å². The number of thiophene rings is 1. The van der Waals surface area contributed by atoms with Gasteiger partial charge in [-0.3, -0.25) is 19.3 Å². The van der Waals surface area contributed by atoms with Crippen molar-refractivity contribution in [3.8, 4) is 0 Å². The van der Waals surface area contributed by atoms with Gasteiger partial charge in [-0.25, -0.2) is 0 Å². The number of hydrogen-bond acceptors (Lipinski definition) is 4. The molecule has 6 heteroatoms. The van der Waals surface area contributed by atoms with Gasteiger partial charge in [0, 0.05) is 29.8 Å². The molecule has 140 valence electrons. The number of imide groups is 1. The van der Waals surface area contributed by atoms with Crippen LogP contribution in [0.5, 0.6) is 0 Å². The Bertz CT molecular complexity index is 871. The maximum Gasteiger partial charge on any atom is 0.254 e. The quantitative estimate of drug-likeness (QED) is 0.760. The molecule has 1 saturated heterocycles. The Balaban J connectivity index is 1.49. The lowest BCUT2D eigenvalue weighted by Gasteiger charge is -2.35. The van der Waals surface area contributed by atoms with Crippen LogP contribution < -0.4 is 0 Å². The van der Waals surface area contributed by atoms with Gasteiger partial charge in [0.15, 0.2) is 0 Å². The summed E-state index contributed by atoms with van der Waals surface area (Å²) in [5, 5.41) is 2.11. The lowest BCUT2D eigenvalue weighted by Crippen LogP contribution is -2.39. The van der Waals surface area contributed by atoms with Crippen LogP contribution in [0.15, 0.2) is 35.7 Å². The number of amides is 3. The Morgan fingerprint density at radius 1 is 1.07 bits per heavy atom. The minimum atomic E-state index is -0.120. The Morgan fingerprint density at radius 3 is 2.44 bits per heavy atom. The number of carbonyl (C=O) groups excluding carboxylic acids is 3. The van der Waals surface area contributed by atoms with Crippen molar-refractivity contribution in [2.75, 3.05) is 6.54 Å². The first-order valence-electron chi connectivity index (χ1n) is 9.38. The molecule has 5 nitrogen and oxygen atoms in total. The molecule has 0 unspecified atom stereocenters. The maximum absolute atomic E-state index is 13.1. The van der Waals surface area contributed by atoms with E-state index in [1.165, 1.54) is 15.3 Å². The van der Waals surface area contributed by atoms with Gasteiger partial charge in [-0.05, 0) is 47.5 Å². The highest BCUT2D eigenvalue weighted by Gasteiger charge is 2.31. The van der Waals surface area contributed by atoms with Gasteiger partial charge in [-0.2, -0.15) is 0 Å². The Hall–Kier alpha value is -2.47. The molecule has 1 atom stereocenters. The molecule has 0 bridgehead atoms. The molecule has 1 aromatic carbocycles. The summed E-state index contributed by atoms with van der Waals surface area (Å²) in [4.78, 5) is 41.3. The standard InChI is InChI=1S/C21H22N2O3S/c1-2-17-16-10-12-27-18(16)9-11-22(17)21(26)15-5-3-14(4-6-15)13-23-19(24)7-8-20(23)25/h3-6,10,12,17H,2,7-9,11,13H2,1H3/t17-/m1/s1. The van der Waals surface area contributed by atoms with Crippen LogP contribution in [0, 0.1) is 0 Å². The molecular formula is C21H22N2O3S. The van der Waals surface area contributed by atoms with Crippen molar-refractivity contribution in [2.24, 2.45) is 0 Å². The molecular weight excluding hydrogens is 360 g/mol. The summed E-state index contributed by atoms with van der Waals surface area (Å²) in [6, 6.07) is 9.56. The van der Waals surface area contributed by atoms with Gasteiger partial charge in [0.1, 0.15) is 0 Å². The van der Waals surface area contributed by atoms with Crippen molar-refractivity contribution >= 4 is 29.1 Å². The van der Waals surface area contributed by atoms with E-state index in [2.05, 4.69) is 18.4 Å². The second-order valence-electron chi connectivity index (χ2n) is 7.04. The summed E-state index contributed by atoms with van der Waals surface area (Å²) in [6.45, 7) is 3.14. The van der Waals surface area contributed by atoms with Crippen LogP contribution in [0.25, 0.3) is 0 Å². The van der Waals surface area contributed by atoms with Crippen LogP contribution in [-0.2, 0) is 22.6 Å². The lowest BCUT2D eigenvalue weighted by molar-refractivity contribution is -0.139. The van der Waals surface area contributed by atoms with Gasteiger partial charge in [0.25, 0.3) is 5.91 Å². The summed E-state index contributed by atoms with van der Waals surface area (Å²) in [7, 11) is 0. The van der Waals surface area contributed by atoms with Crippen molar-refractivity contribution in [1.82, 2.24) is 9.80 Å². The molecule has 0 radical (unpaired) electrons. The van der Waals surface area contributed by atoms with E-state index in [-0.39, 0.29) is 30.3 Å². The fourth-order valence-electron chi connectivity index (χ4n) is 3.98. The normalized spacial score (nSPS) is 19.5. The van der Waals surface area contributed by atoms with Crippen molar-refractivity contribution in [1.29, 1.82) is 0 Å². The fraction of sp³-hybridized carbons (Fsp3) is 0.381. The van der Waals surface area contributed by atoms with Gasteiger partial charge in [-0.15, -0.1) is 11.3 Å². The highest BCUT2D eigenvalue weighted by molar-refractivity contribution is 7.10. The first kappa shape index (κ1) is 17.9. The van der Waals surface area contributed by atoms with Crippen LogP contribution >= 0.6 is 11.3 Å². The van der Waals surface area contributed by atoms with Crippen molar-refractivity contribution < 1.29 is 14.4 Å². The smallest absolute Gasteiger partial charge is 0.254 e. The molecule has 2 aliphatic rings. The van der Waals surface area contributed by atoms with Crippen molar-refractivity contribution in [3.05, 3.63) is 57.3 Å². The maximum atomic E-state index is 13.1. The molecule has 0 spiro atoms. The molecule has 2 aromatic rings. The van der Waals surface area contributed by atoms with Gasteiger partial charge < -0.3 is 4.90 Å². The summed E-state index contributed by atoms with van der Waals surface area (Å²) >= 11 is 1.77. The Kier molecular flexibility index (Phi) is 4.83. The third-order valence-corrected chi connectivity index (χ3v) is 6.44. The fourth-order valence-corrected chi connectivity index (χ4v) is 4.91. The topological polar surface area (TPSA) is 57.7 Å². The zero-order valence-corrected chi connectivity index (χ0v) is 16.1. The molecule has 3 heterocycles. The van der Waals surface area contributed by atoms with E-state index in [1.54, 1.807) is 23.5 Å². The Labute approximate surface area is 162 Å². The van der Waals surface area contributed by atoms with E-state index < -0.39 is 0 Å². The van der Waals surface area contributed by atoms with E-state index >= 15 is 0 Å². The van der Waals surface area contributed by atoms with Gasteiger partial charge in [-0.1, -0.05) is 19.1 Å². The largest absolute Gasteiger partial charge is 0.331 e. The minimum absolute atomic E-state index is 0.0403. The molecule has 1 fully saturated rings.